The average Bonchev–Trinajstić information content (AvgIpc) is 3.63. The van der Waals surface area contributed by atoms with Gasteiger partial charge in [0.1, 0.15) is 28.7 Å². The molecule has 19 heteroatoms. The van der Waals surface area contributed by atoms with Crippen LogP contribution in [0.25, 0.3) is 33.5 Å². The lowest BCUT2D eigenvalue weighted by Gasteiger charge is -2.32. The first-order chi connectivity index (χ1) is 28.5. The number of phenolic OH excluding ortho intramolecular Hbond substituents is 1. The second-order valence-electron chi connectivity index (χ2n) is 14.8. The number of amides is 1. The van der Waals surface area contributed by atoms with Gasteiger partial charge in [0.15, 0.2) is 5.65 Å². The van der Waals surface area contributed by atoms with Gasteiger partial charge in [0.2, 0.25) is 0 Å². The maximum absolute atomic E-state index is 14.6. The van der Waals surface area contributed by atoms with Crippen LogP contribution < -0.4 is 16.6 Å². The van der Waals surface area contributed by atoms with Gasteiger partial charge in [-0.25, -0.2) is 32.9 Å². The standard InChI is InChI=1S/C39H38F2N8O4.C2HF3O2/c1-45-13-15-46(16-14-45)21-25-18-31(50)10-11-32(25)24-3-2-4-30(17-24)48-36-33(19-27(41)20-42-36)38(52)49(39(48)53)29-8-6-28(7-9-29)43-37(51)34-23-47-22-26(40)5-12-35(47)44-34;3-2(4,5)1(6)7/h2-5,10-12,17-20,22-23,28-29,50H,6-9,13-16,21H2,1H3,(H,43,51);(H,6,7). The molecule has 314 valence electrons. The number of aromatic nitrogens is 5. The van der Waals surface area contributed by atoms with Gasteiger partial charge in [-0.2, -0.15) is 13.2 Å². The van der Waals surface area contributed by atoms with Gasteiger partial charge in [-0.05, 0) is 91.9 Å². The van der Waals surface area contributed by atoms with Gasteiger partial charge < -0.3 is 24.8 Å². The van der Waals surface area contributed by atoms with Gasteiger partial charge in [0, 0.05) is 57.2 Å². The van der Waals surface area contributed by atoms with E-state index in [9.17, 15) is 41.4 Å². The SMILES string of the molecule is CN1CCN(Cc2cc(O)ccc2-c2cccc(-n3c(=O)n(C4CCC(NC(=O)c5cn6cc(F)ccc6n5)CC4)c(=O)c4cc(F)cnc43)c2)CC1.O=C(O)C(F)(F)F. The van der Waals surface area contributed by atoms with E-state index in [-0.39, 0.29) is 28.5 Å². The van der Waals surface area contributed by atoms with Crippen molar-refractivity contribution in [2.24, 2.45) is 0 Å². The van der Waals surface area contributed by atoms with Gasteiger partial charge in [0.25, 0.3) is 11.5 Å². The van der Waals surface area contributed by atoms with E-state index >= 15 is 0 Å². The number of carbonyl (C=O) groups excluding carboxylic acids is 1. The molecule has 0 unspecified atom stereocenters. The third kappa shape index (κ3) is 9.06. The fourth-order valence-corrected chi connectivity index (χ4v) is 7.60. The number of hydrogen-bond acceptors (Lipinski definition) is 9. The first-order valence-corrected chi connectivity index (χ1v) is 19.0. The number of phenols is 1. The molecule has 1 amide bonds. The van der Waals surface area contributed by atoms with Crippen LogP contribution >= 0.6 is 0 Å². The molecule has 4 aromatic heterocycles. The fraction of sp³-hybridized carbons (Fsp3) is 0.317. The number of carboxylic acid groups (broad SMARTS) is 1. The summed E-state index contributed by atoms with van der Waals surface area (Å²) in [7, 11) is 2.10. The van der Waals surface area contributed by atoms with Crippen molar-refractivity contribution in [2.45, 2.75) is 50.5 Å². The number of aromatic hydroxyl groups is 1. The first kappa shape index (κ1) is 41.7. The quantitative estimate of drug-likeness (QED) is 0.183. The summed E-state index contributed by atoms with van der Waals surface area (Å²) in [6.45, 7) is 4.33. The van der Waals surface area contributed by atoms with E-state index in [2.05, 4.69) is 32.1 Å². The molecule has 8 rings (SSSR count). The summed E-state index contributed by atoms with van der Waals surface area (Å²) >= 11 is 0. The number of hydrogen-bond donors (Lipinski definition) is 3. The van der Waals surface area contributed by atoms with Crippen LogP contribution in [-0.2, 0) is 11.3 Å². The third-order valence-electron chi connectivity index (χ3n) is 10.7. The highest BCUT2D eigenvalue weighted by atomic mass is 19.4. The Morgan fingerprint density at radius 3 is 2.32 bits per heavy atom. The summed E-state index contributed by atoms with van der Waals surface area (Å²) in [4.78, 5) is 63.4. The predicted molar refractivity (Wildman–Crippen MR) is 209 cm³/mol. The van der Waals surface area contributed by atoms with Crippen molar-refractivity contribution in [3.63, 3.8) is 0 Å². The van der Waals surface area contributed by atoms with Crippen molar-refractivity contribution in [1.29, 1.82) is 0 Å². The van der Waals surface area contributed by atoms with Crippen molar-refractivity contribution < 1.29 is 41.8 Å². The van der Waals surface area contributed by atoms with Crippen LogP contribution in [0.1, 0.15) is 47.8 Å². The number of piperazine rings is 1. The van der Waals surface area contributed by atoms with Crippen LogP contribution in [0.3, 0.4) is 0 Å². The molecule has 1 saturated heterocycles. The topological polar surface area (TPSA) is 167 Å². The van der Waals surface area contributed by atoms with E-state index in [4.69, 9.17) is 9.90 Å². The van der Waals surface area contributed by atoms with Crippen LogP contribution in [0.15, 0.2) is 88.8 Å². The molecule has 1 saturated carbocycles. The molecule has 2 aliphatic rings. The Kier molecular flexibility index (Phi) is 11.8. The Morgan fingerprint density at radius 1 is 0.900 bits per heavy atom. The highest BCUT2D eigenvalue weighted by Gasteiger charge is 2.38. The molecule has 0 bridgehead atoms. The zero-order chi connectivity index (χ0) is 42.9. The minimum Gasteiger partial charge on any atom is -0.508 e. The Morgan fingerprint density at radius 2 is 1.62 bits per heavy atom. The van der Waals surface area contributed by atoms with Crippen LogP contribution in [-0.4, -0.2) is 101 Å². The number of alkyl halides is 3. The number of carbonyl (C=O) groups is 2. The molecule has 0 atom stereocenters. The number of nitrogens with one attached hydrogen (secondary N) is 1. The summed E-state index contributed by atoms with van der Waals surface area (Å²) in [6.07, 6.45) is 0.409. The van der Waals surface area contributed by atoms with Gasteiger partial charge in [-0.3, -0.25) is 19.1 Å². The molecule has 60 heavy (non-hydrogen) atoms. The molecular formula is C41H39F5N8O6. The number of pyridine rings is 2. The number of carboxylic acids is 1. The average molecular weight is 835 g/mol. The van der Waals surface area contributed by atoms with Crippen LogP contribution in [0.2, 0.25) is 0 Å². The molecule has 2 aromatic carbocycles. The molecule has 6 aromatic rings. The summed E-state index contributed by atoms with van der Waals surface area (Å²) in [5.74, 6) is -4.14. The van der Waals surface area contributed by atoms with Gasteiger partial charge in [0.05, 0.1) is 17.3 Å². The number of likely N-dealkylation sites (N-methyl/N-ethyl adjacent to an activating group) is 1. The summed E-state index contributed by atoms with van der Waals surface area (Å²) in [5, 5.41) is 20.5. The summed E-state index contributed by atoms with van der Waals surface area (Å²) in [5.41, 5.74) is 2.52. The van der Waals surface area contributed by atoms with E-state index in [1.165, 1.54) is 38.1 Å². The Labute approximate surface area is 337 Å². The van der Waals surface area contributed by atoms with Gasteiger partial charge >= 0.3 is 17.8 Å². The van der Waals surface area contributed by atoms with Gasteiger partial charge in [-0.1, -0.05) is 18.2 Å². The fourth-order valence-electron chi connectivity index (χ4n) is 7.60. The van der Waals surface area contributed by atoms with E-state index in [1.807, 2.05) is 24.3 Å². The van der Waals surface area contributed by atoms with E-state index in [1.54, 1.807) is 18.2 Å². The van der Waals surface area contributed by atoms with Crippen molar-refractivity contribution in [2.75, 3.05) is 33.2 Å². The molecule has 3 N–H and O–H groups in total. The maximum Gasteiger partial charge on any atom is 0.490 e. The van der Waals surface area contributed by atoms with Gasteiger partial charge in [-0.15, -0.1) is 0 Å². The van der Waals surface area contributed by atoms with Crippen molar-refractivity contribution >= 4 is 28.6 Å². The van der Waals surface area contributed by atoms with Crippen LogP contribution in [0.4, 0.5) is 22.0 Å². The largest absolute Gasteiger partial charge is 0.508 e. The molecule has 14 nitrogen and oxygen atoms in total. The number of imidazole rings is 1. The molecule has 1 aliphatic heterocycles. The van der Waals surface area contributed by atoms with E-state index in [0.29, 0.717) is 43.6 Å². The Balaban J connectivity index is 0.000000716. The summed E-state index contributed by atoms with van der Waals surface area (Å²) < 4.78 is 64.0. The normalized spacial score (nSPS) is 17.6. The lowest BCUT2D eigenvalue weighted by Crippen LogP contribution is -2.45. The number of rotatable bonds is 7. The number of halogens is 5. The highest BCUT2D eigenvalue weighted by molar-refractivity contribution is 5.93. The summed E-state index contributed by atoms with van der Waals surface area (Å²) in [6, 6.07) is 15.8. The predicted octanol–water partition coefficient (Wildman–Crippen LogP) is 5.14. The van der Waals surface area contributed by atoms with Crippen LogP contribution in [0, 0.1) is 11.6 Å². The van der Waals surface area contributed by atoms with Crippen molar-refractivity contribution in [3.05, 3.63) is 123 Å². The lowest BCUT2D eigenvalue weighted by molar-refractivity contribution is -0.192. The number of benzene rings is 2. The first-order valence-electron chi connectivity index (χ1n) is 19.0. The van der Waals surface area contributed by atoms with E-state index in [0.717, 1.165) is 55.1 Å². The number of aliphatic carboxylic acids is 1. The van der Waals surface area contributed by atoms with E-state index < -0.39 is 47.0 Å². The molecule has 1 aliphatic carbocycles. The molecular weight excluding hydrogens is 795 g/mol. The van der Waals surface area contributed by atoms with Crippen molar-refractivity contribution in [3.8, 4) is 22.6 Å². The Hall–Kier alpha value is -6.47. The lowest BCUT2D eigenvalue weighted by atomic mass is 9.90. The second kappa shape index (κ2) is 17.0. The Bertz CT molecular complexity index is 2700. The van der Waals surface area contributed by atoms with Crippen molar-refractivity contribution in [1.82, 2.24) is 38.6 Å². The zero-order valence-electron chi connectivity index (χ0n) is 32.1. The smallest absolute Gasteiger partial charge is 0.490 e. The number of fused-ring (bicyclic) bond motifs is 2. The maximum atomic E-state index is 14.6. The third-order valence-corrected chi connectivity index (χ3v) is 10.7. The minimum absolute atomic E-state index is 0.0193. The minimum atomic E-state index is -5.08. The zero-order valence-corrected chi connectivity index (χ0v) is 32.1. The monoisotopic (exact) mass is 834 g/mol. The second-order valence-corrected chi connectivity index (χ2v) is 14.8. The molecule has 0 radical (unpaired) electrons. The molecule has 0 spiro atoms. The molecule has 5 heterocycles. The molecule has 2 fully saturated rings. The highest BCUT2D eigenvalue weighted by Crippen LogP contribution is 2.31. The number of nitrogens with zero attached hydrogens (tertiary/aromatic N) is 7. The van der Waals surface area contributed by atoms with Crippen LogP contribution in [0.5, 0.6) is 5.75 Å².